The summed E-state index contributed by atoms with van der Waals surface area (Å²) in [4.78, 5) is 24.0. The first-order chi connectivity index (χ1) is 11.9. The van der Waals surface area contributed by atoms with Gasteiger partial charge in [0, 0.05) is 11.8 Å². The summed E-state index contributed by atoms with van der Waals surface area (Å²) >= 11 is 0. The molecule has 0 aliphatic heterocycles. The Balaban J connectivity index is 2.11. The number of carbonyl (C=O) groups is 2. The molecular weight excluding hydrogens is 334 g/mol. The number of nitrogens with zero attached hydrogens (tertiary/aromatic N) is 1. The lowest BCUT2D eigenvalue weighted by Crippen LogP contribution is -2.35. The molecule has 132 valence electrons. The molecule has 0 aromatic heterocycles. The highest BCUT2D eigenvalue weighted by Crippen LogP contribution is 2.19. The lowest BCUT2D eigenvalue weighted by molar-refractivity contribution is -0.138. The van der Waals surface area contributed by atoms with Crippen LogP contribution in [-0.4, -0.2) is 28.6 Å². The molecule has 0 bridgehead atoms. The van der Waals surface area contributed by atoms with E-state index in [0.29, 0.717) is 0 Å². The molecule has 0 fully saturated rings. The van der Waals surface area contributed by atoms with Gasteiger partial charge in [0.15, 0.2) is 11.6 Å². The quantitative estimate of drug-likeness (QED) is 0.782. The van der Waals surface area contributed by atoms with Gasteiger partial charge in [-0.05, 0) is 17.2 Å². The smallest absolute Gasteiger partial charge is 0.410 e. The van der Waals surface area contributed by atoms with Gasteiger partial charge in [0.05, 0.1) is 6.54 Å². The lowest BCUT2D eigenvalue weighted by atomic mass is 10.1. The number of hydrogen-bond acceptors (Lipinski definition) is 4. The van der Waals surface area contributed by atoms with Crippen LogP contribution in [0.3, 0.4) is 0 Å². The van der Waals surface area contributed by atoms with E-state index in [1.807, 2.05) is 0 Å². The molecule has 1 amide bonds. The minimum atomic E-state index is -1.28. The highest BCUT2D eigenvalue weighted by atomic mass is 19.2. The van der Waals surface area contributed by atoms with Crippen molar-refractivity contribution < 1.29 is 28.2 Å². The molecule has 0 atom stereocenters. The average Bonchev–Trinajstić information content (AvgIpc) is 2.57. The lowest BCUT2D eigenvalue weighted by Gasteiger charge is -2.21. The Labute approximate surface area is 142 Å². The highest BCUT2D eigenvalue weighted by Gasteiger charge is 2.21. The van der Waals surface area contributed by atoms with Gasteiger partial charge >= 0.3 is 12.1 Å². The van der Waals surface area contributed by atoms with Gasteiger partial charge in [-0.1, -0.05) is 30.3 Å². The summed E-state index contributed by atoms with van der Waals surface area (Å²) in [5.41, 5.74) is 6.31. The largest absolute Gasteiger partial charge is 0.480 e. The van der Waals surface area contributed by atoms with Crippen LogP contribution in [0.4, 0.5) is 19.3 Å². The molecule has 0 heterocycles. The zero-order chi connectivity index (χ0) is 18.4. The minimum absolute atomic E-state index is 0.0525. The van der Waals surface area contributed by atoms with Gasteiger partial charge in [0.1, 0.15) is 13.2 Å². The van der Waals surface area contributed by atoms with Crippen LogP contribution in [0.2, 0.25) is 0 Å². The van der Waals surface area contributed by atoms with Crippen molar-refractivity contribution in [1.82, 2.24) is 4.90 Å². The molecule has 2 aromatic carbocycles. The number of carboxylic acid groups (broad SMARTS) is 1. The van der Waals surface area contributed by atoms with Crippen molar-refractivity contribution >= 4 is 17.7 Å². The molecule has 0 spiro atoms. The van der Waals surface area contributed by atoms with E-state index in [9.17, 15) is 18.4 Å². The van der Waals surface area contributed by atoms with E-state index in [0.717, 1.165) is 22.6 Å². The van der Waals surface area contributed by atoms with Crippen molar-refractivity contribution in [3.05, 3.63) is 65.2 Å². The van der Waals surface area contributed by atoms with Crippen LogP contribution in [-0.2, 0) is 22.7 Å². The van der Waals surface area contributed by atoms with Gasteiger partial charge in [-0.25, -0.2) is 13.6 Å². The predicted octanol–water partition coefficient (Wildman–Crippen LogP) is 2.77. The number of benzene rings is 2. The van der Waals surface area contributed by atoms with Gasteiger partial charge in [0.2, 0.25) is 0 Å². The van der Waals surface area contributed by atoms with Crippen molar-refractivity contribution in [2.24, 2.45) is 0 Å². The number of amides is 1. The fourth-order valence-corrected chi connectivity index (χ4v) is 2.10. The summed E-state index contributed by atoms with van der Waals surface area (Å²) < 4.78 is 31.6. The zero-order valence-electron chi connectivity index (χ0n) is 13.1. The molecule has 0 aliphatic carbocycles. The maximum Gasteiger partial charge on any atom is 0.410 e. The van der Waals surface area contributed by atoms with E-state index >= 15 is 0 Å². The van der Waals surface area contributed by atoms with Gasteiger partial charge in [-0.15, -0.1) is 0 Å². The maximum absolute atomic E-state index is 13.4. The second kappa shape index (κ2) is 8.09. The molecule has 25 heavy (non-hydrogen) atoms. The first-order valence-electron chi connectivity index (χ1n) is 7.27. The number of anilines is 1. The van der Waals surface area contributed by atoms with Crippen LogP contribution >= 0.6 is 0 Å². The van der Waals surface area contributed by atoms with Crippen molar-refractivity contribution in [2.75, 3.05) is 12.3 Å². The Bertz CT molecular complexity index is 769. The molecular formula is C17H16F2N2O4. The van der Waals surface area contributed by atoms with Crippen LogP contribution < -0.4 is 5.73 Å². The Kier molecular flexibility index (Phi) is 5.89. The maximum atomic E-state index is 13.4. The van der Waals surface area contributed by atoms with Crippen molar-refractivity contribution in [3.8, 4) is 0 Å². The predicted molar refractivity (Wildman–Crippen MR) is 85.4 cm³/mol. The summed E-state index contributed by atoms with van der Waals surface area (Å²) in [7, 11) is 0. The number of rotatable bonds is 6. The van der Waals surface area contributed by atoms with Crippen LogP contribution in [0.5, 0.6) is 0 Å². The third-order valence-electron chi connectivity index (χ3n) is 3.33. The van der Waals surface area contributed by atoms with Crippen LogP contribution in [0, 0.1) is 11.6 Å². The Hall–Kier alpha value is -3.16. The van der Waals surface area contributed by atoms with Gasteiger partial charge in [-0.2, -0.15) is 0 Å². The minimum Gasteiger partial charge on any atom is -0.480 e. The second-order valence-corrected chi connectivity index (χ2v) is 5.26. The third kappa shape index (κ3) is 5.17. The van der Waals surface area contributed by atoms with Gasteiger partial charge in [-0.3, -0.25) is 9.69 Å². The first kappa shape index (κ1) is 18.2. The summed E-state index contributed by atoms with van der Waals surface area (Å²) in [6.45, 7) is -1.06. The molecule has 2 rings (SSSR count). The van der Waals surface area contributed by atoms with E-state index in [2.05, 4.69) is 0 Å². The second-order valence-electron chi connectivity index (χ2n) is 5.26. The van der Waals surface area contributed by atoms with E-state index in [1.165, 1.54) is 0 Å². The molecule has 0 radical (unpaired) electrons. The number of nitrogens with two attached hydrogens (primary N) is 1. The number of carboxylic acids is 1. The van der Waals surface area contributed by atoms with Crippen LogP contribution in [0.15, 0.2) is 42.5 Å². The number of hydrogen-bond donors (Lipinski definition) is 2. The Morgan fingerprint density at radius 1 is 1.12 bits per heavy atom. The molecule has 0 saturated carbocycles. The fourth-order valence-electron chi connectivity index (χ4n) is 2.10. The molecule has 0 saturated heterocycles. The third-order valence-corrected chi connectivity index (χ3v) is 3.33. The number of aliphatic carboxylic acids is 1. The fraction of sp³-hybridized carbons (Fsp3) is 0.176. The number of halogens is 2. The van der Waals surface area contributed by atoms with E-state index in [-0.39, 0.29) is 24.4 Å². The molecule has 2 aromatic rings. The van der Waals surface area contributed by atoms with Crippen LogP contribution in [0.1, 0.15) is 11.1 Å². The monoisotopic (exact) mass is 350 g/mol. The van der Waals surface area contributed by atoms with Crippen LogP contribution in [0.25, 0.3) is 0 Å². The molecule has 8 heteroatoms. The number of carbonyl (C=O) groups excluding carboxylic acids is 1. The summed E-state index contributed by atoms with van der Waals surface area (Å²) in [6.07, 6.45) is -0.907. The molecule has 0 aliphatic rings. The van der Waals surface area contributed by atoms with Gasteiger partial charge in [0.25, 0.3) is 0 Å². The molecule has 6 nitrogen and oxygen atoms in total. The van der Waals surface area contributed by atoms with E-state index < -0.39 is 30.2 Å². The molecule has 0 unspecified atom stereocenters. The van der Waals surface area contributed by atoms with E-state index in [1.54, 1.807) is 30.3 Å². The Morgan fingerprint density at radius 2 is 1.76 bits per heavy atom. The van der Waals surface area contributed by atoms with Crippen molar-refractivity contribution in [2.45, 2.75) is 13.2 Å². The standard InChI is InChI=1S/C17H16F2N2O4/c18-13-6-12(15(20)7-14(13)19)8-21(9-16(22)23)17(24)25-10-11-4-2-1-3-5-11/h1-7H,8-10,20H2,(H,22,23). The Morgan fingerprint density at radius 3 is 2.40 bits per heavy atom. The molecule has 3 N–H and O–H groups in total. The summed E-state index contributed by atoms with van der Waals surface area (Å²) in [5.74, 6) is -3.55. The average molecular weight is 350 g/mol. The topological polar surface area (TPSA) is 92.9 Å². The summed E-state index contributed by atoms with van der Waals surface area (Å²) in [5, 5.41) is 8.95. The van der Waals surface area contributed by atoms with Crippen molar-refractivity contribution in [1.29, 1.82) is 0 Å². The van der Waals surface area contributed by atoms with Gasteiger partial charge < -0.3 is 15.6 Å². The summed E-state index contributed by atoms with van der Waals surface area (Å²) in [6, 6.07) is 10.4. The number of nitrogen functional groups attached to an aromatic ring is 1. The normalized spacial score (nSPS) is 10.3. The van der Waals surface area contributed by atoms with Crippen molar-refractivity contribution in [3.63, 3.8) is 0 Å². The van der Waals surface area contributed by atoms with E-state index in [4.69, 9.17) is 15.6 Å². The first-order valence-corrected chi connectivity index (χ1v) is 7.27. The SMILES string of the molecule is Nc1cc(F)c(F)cc1CN(CC(=O)O)C(=O)OCc1ccccc1. The highest BCUT2D eigenvalue weighted by molar-refractivity contribution is 5.77. The number of ether oxygens (including phenoxy) is 1. The zero-order valence-corrected chi connectivity index (χ0v) is 13.1.